The predicted molar refractivity (Wildman–Crippen MR) is 161 cm³/mol. The van der Waals surface area contributed by atoms with Crippen molar-refractivity contribution in [2.45, 2.75) is 24.9 Å². The molecule has 41 heavy (non-hydrogen) atoms. The van der Waals surface area contributed by atoms with E-state index in [4.69, 9.17) is 28.2 Å². The van der Waals surface area contributed by atoms with Crippen molar-refractivity contribution in [1.29, 1.82) is 0 Å². The molecule has 2 aliphatic rings. The number of fused-ring (bicyclic) bond motifs is 3. The molecule has 2 unspecified atom stereocenters. The number of hydrogen-bond donors (Lipinski definition) is 2. The Kier molecular flexibility index (Phi) is 7.71. The summed E-state index contributed by atoms with van der Waals surface area (Å²) in [5.41, 5.74) is 4.35. The summed E-state index contributed by atoms with van der Waals surface area (Å²) in [6.45, 7) is 1.46. The summed E-state index contributed by atoms with van der Waals surface area (Å²) in [5.74, 6) is -0.0970. The molecule has 1 saturated heterocycles. The van der Waals surface area contributed by atoms with Crippen LogP contribution < -0.4 is 10.6 Å². The van der Waals surface area contributed by atoms with Crippen LogP contribution in [0.1, 0.15) is 45.9 Å². The van der Waals surface area contributed by atoms with Crippen LogP contribution in [0.4, 0.5) is 16.0 Å². The second-order valence-corrected chi connectivity index (χ2v) is 11.0. The van der Waals surface area contributed by atoms with Gasteiger partial charge in [-0.15, -0.1) is 0 Å². The molecule has 1 aromatic heterocycles. The predicted octanol–water partition coefficient (Wildman–Crippen LogP) is 6.68. The van der Waals surface area contributed by atoms with Crippen molar-refractivity contribution in [3.63, 3.8) is 0 Å². The molecule has 3 heterocycles. The van der Waals surface area contributed by atoms with Gasteiger partial charge in [0.25, 0.3) is 5.91 Å². The summed E-state index contributed by atoms with van der Waals surface area (Å²) >= 11 is 12.7. The van der Waals surface area contributed by atoms with E-state index in [1.165, 1.54) is 6.07 Å². The van der Waals surface area contributed by atoms with Crippen LogP contribution >= 0.6 is 23.2 Å². The fourth-order valence-electron chi connectivity index (χ4n) is 5.37. The Hall–Kier alpha value is -3.85. The summed E-state index contributed by atoms with van der Waals surface area (Å²) in [6, 6.07) is 16.8. The first-order valence-electron chi connectivity index (χ1n) is 13.4. The summed E-state index contributed by atoms with van der Waals surface area (Å²) < 4.78 is 15.0. The zero-order valence-corrected chi connectivity index (χ0v) is 23.8. The lowest BCUT2D eigenvalue weighted by molar-refractivity contribution is 0.0698. The highest BCUT2D eigenvalue weighted by atomic mass is 35.5. The van der Waals surface area contributed by atoms with Crippen LogP contribution in [0.3, 0.4) is 0 Å². The number of aromatic nitrogens is 2. The number of likely N-dealkylation sites (tertiary alicyclic amines) is 1. The molecule has 2 aliphatic heterocycles. The number of halogens is 3. The fraction of sp³-hybridized carbons (Fsp3) is 0.226. The maximum atomic E-state index is 15.0. The number of rotatable bonds is 5. The van der Waals surface area contributed by atoms with Gasteiger partial charge in [-0.1, -0.05) is 35.3 Å². The zero-order chi connectivity index (χ0) is 28.5. The number of anilines is 2. The van der Waals surface area contributed by atoms with Gasteiger partial charge in [0.2, 0.25) is 5.95 Å². The number of nitrogens with zero attached hydrogens (tertiary/aromatic N) is 4. The average molecular weight is 590 g/mol. The second-order valence-electron chi connectivity index (χ2n) is 10.1. The molecule has 6 rings (SSSR count). The van der Waals surface area contributed by atoms with E-state index in [1.807, 2.05) is 30.1 Å². The van der Waals surface area contributed by atoms with E-state index in [2.05, 4.69) is 20.6 Å². The van der Waals surface area contributed by atoms with Gasteiger partial charge in [-0.05, 0) is 68.4 Å². The standard InChI is InChI=1S/C31H27Cl2FN6O/c1-35-22-4-3-13-40(17-22)30(41)18-7-10-21(11-8-18)38-31-37-16-24-28(39-31)23-12-9-20(32)14-19(23)15-36-29(24)27-25(33)5-2-6-26(27)34/h2,5-12,14-16,22,29,35H,3-4,13,17H2,1H3,(H,37,38,39). The Morgan fingerprint density at radius 3 is 2.71 bits per heavy atom. The molecule has 0 saturated carbocycles. The third kappa shape index (κ3) is 5.55. The number of aliphatic imine (C=N–C) groups is 1. The van der Waals surface area contributed by atoms with Crippen molar-refractivity contribution in [2.75, 3.05) is 25.5 Å². The molecule has 0 bridgehead atoms. The van der Waals surface area contributed by atoms with E-state index >= 15 is 4.39 Å². The highest BCUT2D eigenvalue weighted by Crippen LogP contribution is 2.41. The van der Waals surface area contributed by atoms with Crippen molar-refractivity contribution < 1.29 is 9.18 Å². The van der Waals surface area contributed by atoms with Gasteiger partial charge in [0, 0.05) is 75.1 Å². The van der Waals surface area contributed by atoms with Crippen molar-refractivity contribution >= 4 is 47.0 Å². The number of likely N-dealkylation sites (N-methyl/N-ethyl adjacent to an activating group) is 1. The molecule has 0 aliphatic carbocycles. The Labute approximate surface area is 247 Å². The molecular weight excluding hydrogens is 562 g/mol. The molecule has 0 radical (unpaired) electrons. The van der Waals surface area contributed by atoms with E-state index in [9.17, 15) is 4.79 Å². The normalized spacial score (nSPS) is 17.9. The smallest absolute Gasteiger partial charge is 0.253 e. The first kappa shape index (κ1) is 27.3. The number of benzene rings is 3. The van der Waals surface area contributed by atoms with E-state index in [-0.39, 0.29) is 16.5 Å². The molecule has 2 atom stereocenters. The highest BCUT2D eigenvalue weighted by molar-refractivity contribution is 6.31. The van der Waals surface area contributed by atoms with Crippen LogP contribution in [0.15, 0.2) is 71.9 Å². The Balaban J connectivity index is 1.31. The highest BCUT2D eigenvalue weighted by Gasteiger charge is 2.28. The minimum atomic E-state index is -0.749. The van der Waals surface area contributed by atoms with Crippen molar-refractivity contribution in [1.82, 2.24) is 20.2 Å². The summed E-state index contributed by atoms with van der Waals surface area (Å²) in [6.07, 6.45) is 5.37. The van der Waals surface area contributed by atoms with Gasteiger partial charge >= 0.3 is 0 Å². The third-order valence-electron chi connectivity index (χ3n) is 7.52. The number of amides is 1. The van der Waals surface area contributed by atoms with Gasteiger partial charge in [-0.25, -0.2) is 14.4 Å². The molecule has 2 N–H and O–H groups in total. The lowest BCUT2D eigenvalue weighted by Crippen LogP contribution is -2.46. The molecule has 3 aromatic carbocycles. The summed E-state index contributed by atoms with van der Waals surface area (Å²) in [4.78, 5) is 29.0. The number of nitrogens with one attached hydrogen (secondary N) is 2. The molecule has 0 spiro atoms. The third-order valence-corrected chi connectivity index (χ3v) is 8.09. The monoisotopic (exact) mass is 588 g/mol. The van der Waals surface area contributed by atoms with Crippen molar-refractivity contribution in [3.05, 3.63) is 105 Å². The minimum Gasteiger partial charge on any atom is -0.337 e. The van der Waals surface area contributed by atoms with E-state index in [0.29, 0.717) is 40.4 Å². The van der Waals surface area contributed by atoms with E-state index in [0.717, 1.165) is 36.2 Å². The maximum absolute atomic E-state index is 15.0. The van der Waals surface area contributed by atoms with Gasteiger partial charge < -0.3 is 15.5 Å². The molecule has 1 amide bonds. The summed E-state index contributed by atoms with van der Waals surface area (Å²) in [5, 5.41) is 7.32. The quantitative estimate of drug-likeness (QED) is 0.272. The van der Waals surface area contributed by atoms with E-state index < -0.39 is 11.9 Å². The average Bonchev–Trinajstić information content (AvgIpc) is 3.13. The second kappa shape index (κ2) is 11.6. The Morgan fingerprint density at radius 1 is 1.10 bits per heavy atom. The lowest BCUT2D eigenvalue weighted by Gasteiger charge is -2.32. The SMILES string of the molecule is CNC1CCCN(C(=O)c2ccc(Nc3ncc4c(n3)-c3ccc(Cl)cc3C=NC4c3c(F)cccc3Cl)cc2)C1. The lowest BCUT2D eigenvalue weighted by atomic mass is 9.95. The maximum Gasteiger partial charge on any atom is 0.253 e. The summed E-state index contributed by atoms with van der Waals surface area (Å²) in [7, 11) is 1.93. The van der Waals surface area contributed by atoms with Crippen LogP contribution in [-0.4, -0.2) is 53.2 Å². The fourth-order valence-corrected chi connectivity index (χ4v) is 5.81. The van der Waals surface area contributed by atoms with Gasteiger partial charge in [0.15, 0.2) is 0 Å². The molecule has 4 aromatic rings. The van der Waals surface area contributed by atoms with Gasteiger partial charge in [0.1, 0.15) is 11.9 Å². The number of hydrogen-bond acceptors (Lipinski definition) is 6. The number of carbonyl (C=O) groups is 1. The topological polar surface area (TPSA) is 82.5 Å². The zero-order valence-electron chi connectivity index (χ0n) is 22.2. The molecule has 208 valence electrons. The number of piperidine rings is 1. The minimum absolute atomic E-state index is 0.0193. The first-order valence-corrected chi connectivity index (χ1v) is 14.1. The van der Waals surface area contributed by atoms with Crippen LogP contribution in [0, 0.1) is 5.82 Å². The van der Waals surface area contributed by atoms with Crippen LogP contribution in [0.25, 0.3) is 11.3 Å². The number of carbonyl (C=O) groups excluding carboxylic acids is 1. The van der Waals surface area contributed by atoms with E-state index in [1.54, 1.807) is 48.8 Å². The van der Waals surface area contributed by atoms with Gasteiger partial charge in [-0.2, -0.15) is 0 Å². The van der Waals surface area contributed by atoms with Gasteiger partial charge in [0.05, 0.1) is 5.69 Å². The Morgan fingerprint density at radius 2 is 1.93 bits per heavy atom. The van der Waals surface area contributed by atoms with Crippen LogP contribution in [0.5, 0.6) is 0 Å². The van der Waals surface area contributed by atoms with Crippen molar-refractivity contribution in [3.8, 4) is 11.3 Å². The first-order chi connectivity index (χ1) is 19.9. The van der Waals surface area contributed by atoms with Crippen molar-refractivity contribution in [2.24, 2.45) is 4.99 Å². The Bertz CT molecular complexity index is 1620. The molecule has 10 heteroatoms. The molecule has 1 fully saturated rings. The van der Waals surface area contributed by atoms with Crippen LogP contribution in [-0.2, 0) is 0 Å². The largest absolute Gasteiger partial charge is 0.337 e. The molecule has 7 nitrogen and oxygen atoms in total. The van der Waals surface area contributed by atoms with Crippen LogP contribution in [0.2, 0.25) is 10.0 Å². The van der Waals surface area contributed by atoms with Gasteiger partial charge in [-0.3, -0.25) is 9.79 Å². The molecular formula is C31H27Cl2FN6O.